The number of nitrogens with one attached hydrogen (secondary N) is 1. The number of hydrogen-bond donors (Lipinski definition) is 1. The molecule has 0 atom stereocenters. The summed E-state index contributed by atoms with van der Waals surface area (Å²) in [4.78, 5) is 23.0. The second kappa shape index (κ2) is 9.94. The Labute approximate surface area is 186 Å². The summed E-state index contributed by atoms with van der Waals surface area (Å²) in [6.07, 6.45) is 7.86. The van der Waals surface area contributed by atoms with Gasteiger partial charge in [-0.1, -0.05) is 29.3 Å². The van der Waals surface area contributed by atoms with Crippen LogP contribution in [-0.4, -0.2) is 46.5 Å². The van der Waals surface area contributed by atoms with Gasteiger partial charge in [0.25, 0.3) is 0 Å². The molecule has 6 nitrogen and oxygen atoms in total. The fourth-order valence-corrected chi connectivity index (χ4v) is 4.15. The Balaban J connectivity index is 1.19. The van der Waals surface area contributed by atoms with Crippen molar-refractivity contribution in [2.45, 2.75) is 44.6 Å². The molecule has 2 aromatic rings. The van der Waals surface area contributed by atoms with Gasteiger partial charge in [-0.3, -0.25) is 4.79 Å². The highest BCUT2D eigenvalue weighted by atomic mass is 35.5. The summed E-state index contributed by atoms with van der Waals surface area (Å²) in [5.41, 5.74) is 1.53. The SMILES string of the molecule is O=C(CCc1ccc(OC2CCN(CC3CC3)CC2)nc1)Nc1cc(Cl)nc(Cl)c1. The molecule has 2 fully saturated rings. The molecule has 1 aliphatic carbocycles. The number of likely N-dealkylation sites (tertiary alicyclic amines) is 1. The number of ether oxygens (including phenoxy) is 1. The number of halogens is 2. The quantitative estimate of drug-likeness (QED) is 0.597. The third-order valence-electron chi connectivity index (χ3n) is 5.52. The lowest BCUT2D eigenvalue weighted by Gasteiger charge is -2.31. The van der Waals surface area contributed by atoms with Crippen LogP contribution in [0.3, 0.4) is 0 Å². The average Bonchev–Trinajstić information content (AvgIpc) is 3.52. The maximum atomic E-state index is 12.2. The normalized spacial score (nSPS) is 17.7. The van der Waals surface area contributed by atoms with Gasteiger partial charge >= 0.3 is 0 Å². The molecule has 8 heteroatoms. The van der Waals surface area contributed by atoms with Gasteiger partial charge in [0, 0.05) is 44.0 Å². The highest BCUT2D eigenvalue weighted by molar-refractivity contribution is 6.32. The predicted octanol–water partition coefficient (Wildman–Crippen LogP) is 4.61. The molecule has 0 unspecified atom stereocenters. The van der Waals surface area contributed by atoms with E-state index in [0.29, 0.717) is 24.4 Å². The van der Waals surface area contributed by atoms with E-state index in [0.717, 1.165) is 37.4 Å². The molecule has 1 N–H and O–H groups in total. The molecule has 160 valence electrons. The number of hydrogen-bond acceptors (Lipinski definition) is 5. The van der Waals surface area contributed by atoms with E-state index in [-0.39, 0.29) is 22.3 Å². The van der Waals surface area contributed by atoms with Crippen LogP contribution in [0.5, 0.6) is 5.88 Å². The van der Waals surface area contributed by atoms with Crippen LogP contribution in [0, 0.1) is 5.92 Å². The minimum Gasteiger partial charge on any atom is -0.474 e. The van der Waals surface area contributed by atoms with E-state index in [1.807, 2.05) is 12.1 Å². The van der Waals surface area contributed by atoms with Crippen LogP contribution in [0.1, 0.15) is 37.7 Å². The molecule has 1 saturated heterocycles. The van der Waals surface area contributed by atoms with Crippen LogP contribution in [0.4, 0.5) is 5.69 Å². The van der Waals surface area contributed by atoms with Crippen molar-refractivity contribution < 1.29 is 9.53 Å². The van der Waals surface area contributed by atoms with Crippen molar-refractivity contribution in [3.05, 3.63) is 46.3 Å². The number of rotatable bonds is 8. The number of aromatic nitrogens is 2. The van der Waals surface area contributed by atoms with Crippen LogP contribution < -0.4 is 10.1 Å². The van der Waals surface area contributed by atoms with Crippen LogP contribution in [-0.2, 0) is 11.2 Å². The fraction of sp³-hybridized carbons (Fsp3) is 0.500. The summed E-state index contributed by atoms with van der Waals surface area (Å²) in [5, 5.41) is 3.27. The maximum absolute atomic E-state index is 12.2. The Morgan fingerprint density at radius 2 is 1.87 bits per heavy atom. The van der Waals surface area contributed by atoms with Crippen molar-refractivity contribution in [1.29, 1.82) is 0 Å². The lowest BCUT2D eigenvalue weighted by Crippen LogP contribution is -2.39. The molecule has 2 aliphatic rings. The lowest BCUT2D eigenvalue weighted by atomic mass is 10.1. The first-order valence-electron chi connectivity index (χ1n) is 10.5. The Morgan fingerprint density at radius 1 is 1.13 bits per heavy atom. The monoisotopic (exact) mass is 448 g/mol. The predicted molar refractivity (Wildman–Crippen MR) is 118 cm³/mol. The molecule has 2 aromatic heterocycles. The Morgan fingerprint density at radius 3 is 2.50 bits per heavy atom. The topological polar surface area (TPSA) is 67.3 Å². The first kappa shape index (κ1) is 21.3. The van der Waals surface area contributed by atoms with Crippen molar-refractivity contribution >= 4 is 34.8 Å². The second-order valence-corrected chi connectivity index (χ2v) is 8.89. The lowest BCUT2D eigenvalue weighted by molar-refractivity contribution is -0.116. The minimum atomic E-state index is -0.119. The molecule has 0 spiro atoms. The Hall–Kier alpha value is -1.89. The largest absolute Gasteiger partial charge is 0.474 e. The van der Waals surface area contributed by atoms with Crippen LogP contribution >= 0.6 is 23.2 Å². The van der Waals surface area contributed by atoms with Crippen molar-refractivity contribution in [2.24, 2.45) is 5.92 Å². The number of amides is 1. The average molecular weight is 449 g/mol. The van der Waals surface area contributed by atoms with Crippen LogP contribution in [0.25, 0.3) is 0 Å². The first-order valence-corrected chi connectivity index (χ1v) is 11.3. The van der Waals surface area contributed by atoms with E-state index in [1.165, 1.54) is 19.4 Å². The van der Waals surface area contributed by atoms with E-state index in [2.05, 4.69) is 20.2 Å². The zero-order chi connectivity index (χ0) is 20.9. The second-order valence-electron chi connectivity index (χ2n) is 8.12. The van der Waals surface area contributed by atoms with Gasteiger partial charge in [0.05, 0.1) is 0 Å². The zero-order valence-corrected chi connectivity index (χ0v) is 18.3. The van der Waals surface area contributed by atoms with Gasteiger partial charge in [0.1, 0.15) is 16.4 Å². The molecule has 30 heavy (non-hydrogen) atoms. The molecule has 0 radical (unpaired) electrons. The zero-order valence-electron chi connectivity index (χ0n) is 16.8. The number of pyridine rings is 2. The van der Waals surface area contributed by atoms with Gasteiger partial charge in [0.2, 0.25) is 11.8 Å². The van der Waals surface area contributed by atoms with Crippen molar-refractivity contribution in [3.8, 4) is 5.88 Å². The van der Waals surface area contributed by atoms with Gasteiger partial charge in [-0.2, -0.15) is 0 Å². The summed E-state index contributed by atoms with van der Waals surface area (Å²) in [7, 11) is 0. The molecule has 4 rings (SSSR count). The number of carbonyl (C=O) groups is 1. The third kappa shape index (κ3) is 6.56. The van der Waals surface area contributed by atoms with E-state index in [4.69, 9.17) is 27.9 Å². The molecule has 3 heterocycles. The minimum absolute atomic E-state index is 0.119. The summed E-state index contributed by atoms with van der Waals surface area (Å²) in [6, 6.07) is 7.00. The highest BCUT2D eigenvalue weighted by Gasteiger charge is 2.27. The molecule has 1 aliphatic heterocycles. The molecule has 0 aromatic carbocycles. The number of nitrogens with zero attached hydrogens (tertiary/aromatic N) is 3. The van der Waals surface area contributed by atoms with E-state index in [9.17, 15) is 4.79 Å². The summed E-state index contributed by atoms with van der Waals surface area (Å²) in [6.45, 7) is 3.49. The van der Waals surface area contributed by atoms with E-state index >= 15 is 0 Å². The molecular weight excluding hydrogens is 423 g/mol. The van der Waals surface area contributed by atoms with E-state index in [1.54, 1.807) is 18.3 Å². The smallest absolute Gasteiger partial charge is 0.224 e. The number of piperidine rings is 1. The molecule has 0 bridgehead atoms. The molecule has 1 amide bonds. The third-order valence-corrected chi connectivity index (χ3v) is 5.91. The van der Waals surface area contributed by atoms with Crippen LogP contribution in [0.2, 0.25) is 10.3 Å². The van der Waals surface area contributed by atoms with Crippen LogP contribution in [0.15, 0.2) is 30.5 Å². The Kier molecular flexibility index (Phi) is 7.08. The first-order chi connectivity index (χ1) is 14.5. The van der Waals surface area contributed by atoms with Gasteiger partial charge < -0.3 is 15.0 Å². The number of anilines is 1. The summed E-state index contributed by atoms with van der Waals surface area (Å²) in [5.74, 6) is 1.48. The van der Waals surface area contributed by atoms with Gasteiger partial charge in [0.15, 0.2) is 0 Å². The Bertz CT molecular complexity index is 846. The summed E-state index contributed by atoms with van der Waals surface area (Å²) < 4.78 is 6.06. The van der Waals surface area contributed by atoms with Crippen molar-refractivity contribution in [3.63, 3.8) is 0 Å². The van der Waals surface area contributed by atoms with Gasteiger partial charge in [-0.25, -0.2) is 9.97 Å². The molecular formula is C22H26Cl2N4O2. The number of aryl methyl sites for hydroxylation is 1. The number of carbonyl (C=O) groups excluding carboxylic acids is 1. The maximum Gasteiger partial charge on any atom is 0.224 e. The van der Waals surface area contributed by atoms with Gasteiger partial charge in [-0.05, 0) is 55.7 Å². The fourth-order valence-electron chi connectivity index (χ4n) is 3.69. The van der Waals surface area contributed by atoms with Crippen molar-refractivity contribution in [1.82, 2.24) is 14.9 Å². The highest BCUT2D eigenvalue weighted by Crippen LogP contribution is 2.31. The molecule has 1 saturated carbocycles. The standard InChI is InChI=1S/C22H26Cl2N4O2/c23-19-11-17(12-20(24)27-19)26-21(29)5-3-15-4-6-22(25-13-15)30-18-7-9-28(10-8-18)14-16-1-2-16/h4,6,11-13,16,18H,1-3,5,7-10,14H2,(H,26,27,29). The summed E-state index contributed by atoms with van der Waals surface area (Å²) >= 11 is 11.7. The van der Waals surface area contributed by atoms with Crippen molar-refractivity contribution in [2.75, 3.05) is 25.0 Å². The van der Waals surface area contributed by atoms with E-state index < -0.39 is 0 Å². The van der Waals surface area contributed by atoms with Gasteiger partial charge in [-0.15, -0.1) is 0 Å².